The van der Waals surface area contributed by atoms with Crippen molar-refractivity contribution in [3.63, 3.8) is 0 Å². The first-order valence-corrected chi connectivity index (χ1v) is 9.46. The standard InChI is InChI=1S/C24H24N4O2/c1-26-16-21(17-8-4-3-5-9-17)22(25)24(29)23(18-10-7-13-27-15-18)28-19-11-6-12-20(14-19)30-2/h3-16,23,28H,25H2,1-2H3. The third-order valence-electron chi connectivity index (χ3n) is 4.56. The zero-order valence-electron chi connectivity index (χ0n) is 16.9. The van der Waals surface area contributed by atoms with Crippen molar-refractivity contribution in [2.45, 2.75) is 6.04 Å². The zero-order valence-corrected chi connectivity index (χ0v) is 16.9. The molecule has 6 heteroatoms. The highest BCUT2D eigenvalue weighted by molar-refractivity contribution is 6.20. The number of ketones is 1. The number of hydrogen-bond acceptors (Lipinski definition) is 6. The highest BCUT2D eigenvalue weighted by Crippen LogP contribution is 2.26. The van der Waals surface area contributed by atoms with Gasteiger partial charge in [0.15, 0.2) is 0 Å². The first-order valence-electron chi connectivity index (χ1n) is 9.46. The van der Waals surface area contributed by atoms with Gasteiger partial charge in [0.05, 0.1) is 12.8 Å². The van der Waals surface area contributed by atoms with E-state index in [0.717, 1.165) is 11.3 Å². The summed E-state index contributed by atoms with van der Waals surface area (Å²) in [7, 11) is 3.24. The second-order valence-corrected chi connectivity index (χ2v) is 6.54. The van der Waals surface area contributed by atoms with E-state index in [4.69, 9.17) is 10.5 Å². The average molecular weight is 400 g/mol. The molecular weight excluding hydrogens is 376 g/mol. The van der Waals surface area contributed by atoms with Gasteiger partial charge in [-0.05, 0) is 23.8 Å². The Kier molecular flexibility index (Phi) is 6.95. The molecule has 3 N–H and O–H groups in total. The molecule has 152 valence electrons. The number of aliphatic imine (C=N–C) groups is 1. The predicted octanol–water partition coefficient (Wildman–Crippen LogP) is 3.88. The maximum absolute atomic E-state index is 13.5. The molecule has 0 aliphatic rings. The summed E-state index contributed by atoms with van der Waals surface area (Å²) < 4.78 is 5.29. The van der Waals surface area contributed by atoms with Gasteiger partial charge in [-0.1, -0.05) is 42.5 Å². The van der Waals surface area contributed by atoms with E-state index in [0.29, 0.717) is 16.9 Å². The van der Waals surface area contributed by atoms with Gasteiger partial charge in [0, 0.05) is 48.5 Å². The Morgan fingerprint density at radius 2 is 1.93 bits per heavy atom. The minimum atomic E-state index is -0.727. The summed E-state index contributed by atoms with van der Waals surface area (Å²) in [5, 5.41) is 3.27. The third-order valence-corrected chi connectivity index (χ3v) is 4.56. The van der Waals surface area contributed by atoms with Crippen LogP contribution in [0, 0.1) is 0 Å². The van der Waals surface area contributed by atoms with Crippen LogP contribution in [0.25, 0.3) is 5.57 Å². The van der Waals surface area contributed by atoms with E-state index >= 15 is 0 Å². The number of benzene rings is 2. The van der Waals surface area contributed by atoms with Crippen molar-refractivity contribution in [1.29, 1.82) is 0 Å². The van der Waals surface area contributed by atoms with E-state index in [-0.39, 0.29) is 11.5 Å². The van der Waals surface area contributed by atoms with Crippen LogP contribution in [0.3, 0.4) is 0 Å². The Hall–Kier alpha value is -3.93. The minimum Gasteiger partial charge on any atom is -0.497 e. The Bertz CT molecular complexity index is 1050. The Morgan fingerprint density at radius 3 is 2.60 bits per heavy atom. The van der Waals surface area contributed by atoms with Gasteiger partial charge in [-0.2, -0.15) is 0 Å². The maximum Gasteiger partial charge on any atom is 0.205 e. The molecule has 1 unspecified atom stereocenters. The molecule has 3 rings (SSSR count). The fourth-order valence-corrected chi connectivity index (χ4v) is 3.06. The number of allylic oxidation sites excluding steroid dienone is 1. The van der Waals surface area contributed by atoms with Gasteiger partial charge < -0.3 is 15.8 Å². The minimum absolute atomic E-state index is 0.121. The van der Waals surface area contributed by atoms with E-state index < -0.39 is 6.04 Å². The molecule has 0 aliphatic heterocycles. The van der Waals surface area contributed by atoms with Gasteiger partial charge in [-0.3, -0.25) is 14.8 Å². The topological polar surface area (TPSA) is 89.6 Å². The zero-order chi connectivity index (χ0) is 21.3. The molecule has 1 aromatic heterocycles. The van der Waals surface area contributed by atoms with Crippen molar-refractivity contribution in [2.75, 3.05) is 19.5 Å². The predicted molar refractivity (Wildman–Crippen MR) is 121 cm³/mol. The van der Waals surface area contributed by atoms with Crippen molar-refractivity contribution in [3.05, 3.63) is 95.9 Å². The number of carbonyl (C=O) groups is 1. The Balaban J connectivity index is 2.04. The number of methoxy groups -OCH3 is 1. The van der Waals surface area contributed by atoms with E-state index in [2.05, 4.69) is 15.3 Å². The summed E-state index contributed by atoms with van der Waals surface area (Å²) in [6.07, 6.45) is 4.92. The lowest BCUT2D eigenvalue weighted by Crippen LogP contribution is -2.27. The lowest BCUT2D eigenvalue weighted by atomic mass is 9.96. The molecule has 0 bridgehead atoms. The van der Waals surface area contributed by atoms with Crippen LogP contribution in [-0.2, 0) is 4.79 Å². The van der Waals surface area contributed by atoms with Crippen molar-refractivity contribution in [2.24, 2.45) is 10.7 Å². The number of aromatic nitrogens is 1. The van der Waals surface area contributed by atoms with Gasteiger partial charge >= 0.3 is 0 Å². The normalized spacial score (nSPS) is 12.9. The van der Waals surface area contributed by atoms with E-state index in [9.17, 15) is 4.79 Å². The van der Waals surface area contributed by atoms with Crippen LogP contribution in [-0.4, -0.2) is 31.1 Å². The molecule has 0 saturated carbocycles. The van der Waals surface area contributed by atoms with Crippen LogP contribution in [0.4, 0.5) is 5.69 Å². The van der Waals surface area contributed by atoms with E-state index in [1.54, 1.807) is 38.8 Å². The molecule has 0 radical (unpaired) electrons. The highest BCUT2D eigenvalue weighted by Gasteiger charge is 2.25. The SMILES string of the molecule is CN=CC(=C(N)C(=O)C(Nc1cccc(OC)c1)c1cccnc1)c1ccccc1. The molecule has 0 saturated heterocycles. The molecule has 1 atom stereocenters. The van der Waals surface area contributed by atoms with E-state index in [1.807, 2.05) is 60.7 Å². The summed E-state index contributed by atoms with van der Waals surface area (Å²) in [5.41, 5.74) is 9.33. The lowest BCUT2D eigenvalue weighted by molar-refractivity contribution is -0.116. The number of anilines is 1. The van der Waals surface area contributed by atoms with Crippen LogP contribution >= 0.6 is 0 Å². The van der Waals surface area contributed by atoms with Crippen LogP contribution in [0.2, 0.25) is 0 Å². The first kappa shape index (κ1) is 20.8. The second kappa shape index (κ2) is 10.0. The van der Waals surface area contributed by atoms with Crippen molar-refractivity contribution in [1.82, 2.24) is 4.98 Å². The number of nitrogens with zero attached hydrogens (tertiary/aromatic N) is 2. The number of Topliss-reactive ketones (excluding diaryl/α,β-unsaturated/α-hetero) is 1. The largest absolute Gasteiger partial charge is 0.497 e. The van der Waals surface area contributed by atoms with Crippen LogP contribution in [0.5, 0.6) is 5.75 Å². The number of nitrogens with two attached hydrogens (primary N) is 1. The summed E-state index contributed by atoms with van der Waals surface area (Å²) >= 11 is 0. The molecule has 0 amide bonds. The Labute approximate surface area is 176 Å². The van der Waals surface area contributed by atoms with Crippen LogP contribution in [0.15, 0.2) is 89.8 Å². The second-order valence-electron chi connectivity index (χ2n) is 6.54. The summed E-state index contributed by atoms with van der Waals surface area (Å²) in [6.45, 7) is 0. The summed E-state index contributed by atoms with van der Waals surface area (Å²) in [4.78, 5) is 21.8. The lowest BCUT2D eigenvalue weighted by Gasteiger charge is -2.20. The van der Waals surface area contributed by atoms with E-state index in [1.165, 1.54) is 0 Å². The number of pyridine rings is 1. The molecule has 0 aliphatic carbocycles. The summed E-state index contributed by atoms with van der Waals surface area (Å²) in [5.74, 6) is 0.411. The maximum atomic E-state index is 13.5. The molecular formula is C24H24N4O2. The number of hydrogen-bond donors (Lipinski definition) is 2. The van der Waals surface area contributed by atoms with Crippen molar-refractivity contribution in [3.8, 4) is 5.75 Å². The number of carbonyl (C=O) groups excluding carboxylic acids is 1. The molecule has 6 nitrogen and oxygen atoms in total. The monoisotopic (exact) mass is 400 g/mol. The van der Waals surface area contributed by atoms with Crippen molar-refractivity contribution >= 4 is 23.3 Å². The average Bonchev–Trinajstić information content (AvgIpc) is 2.81. The van der Waals surface area contributed by atoms with Gasteiger partial charge in [0.2, 0.25) is 5.78 Å². The van der Waals surface area contributed by atoms with Crippen LogP contribution < -0.4 is 15.8 Å². The highest BCUT2D eigenvalue weighted by atomic mass is 16.5. The van der Waals surface area contributed by atoms with Crippen molar-refractivity contribution < 1.29 is 9.53 Å². The first-order chi connectivity index (χ1) is 14.6. The Morgan fingerprint density at radius 1 is 1.13 bits per heavy atom. The smallest absolute Gasteiger partial charge is 0.205 e. The third kappa shape index (κ3) is 4.91. The molecule has 3 aromatic rings. The quantitative estimate of drug-likeness (QED) is 0.442. The number of nitrogens with one attached hydrogen (secondary N) is 1. The number of rotatable bonds is 8. The number of ether oxygens (including phenoxy) is 1. The molecule has 0 fully saturated rings. The fourth-order valence-electron chi connectivity index (χ4n) is 3.06. The van der Waals surface area contributed by atoms with Crippen LogP contribution in [0.1, 0.15) is 17.2 Å². The molecule has 0 spiro atoms. The molecule has 1 heterocycles. The van der Waals surface area contributed by atoms with Gasteiger partial charge in [0.1, 0.15) is 11.8 Å². The van der Waals surface area contributed by atoms with Gasteiger partial charge in [-0.25, -0.2) is 0 Å². The van der Waals surface area contributed by atoms with Gasteiger partial charge in [0.25, 0.3) is 0 Å². The van der Waals surface area contributed by atoms with Gasteiger partial charge in [-0.15, -0.1) is 0 Å². The fraction of sp³-hybridized carbons (Fsp3) is 0.125. The molecule has 30 heavy (non-hydrogen) atoms. The molecule has 2 aromatic carbocycles. The summed E-state index contributed by atoms with van der Waals surface area (Å²) in [6, 6.07) is 19.8.